The molecule has 1 unspecified atom stereocenters. The average Bonchev–Trinajstić information content (AvgIpc) is 2.81. The van der Waals surface area contributed by atoms with Crippen LogP contribution in [0.15, 0.2) is 84.9 Å². The number of nitrogens with one attached hydrogen (secondary N) is 1. The topological polar surface area (TPSA) is 58.6 Å². The number of benzene rings is 3. The van der Waals surface area contributed by atoms with E-state index in [1.807, 2.05) is 60.7 Å². The maximum atomic E-state index is 11.3. The standard InChI is InChI=1S/C27H29NO3S/c1-2-31-25(27(29)30)19-21-15-13-20(14-16-21)17-18-24(22-9-5-3-6-10-22)26(32)28-23-11-7-4-8-12-23/h3-16,24-25H,2,17-19H2,1H3,(H,28,32)(H,29,30)/t24?,25-/m1/s1. The quantitative estimate of drug-likeness (QED) is 0.360. The lowest BCUT2D eigenvalue weighted by molar-refractivity contribution is -0.149. The highest BCUT2D eigenvalue weighted by Crippen LogP contribution is 2.25. The SMILES string of the molecule is CCO[C@H](Cc1ccc(CCC(C(=S)Nc2ccccc2)c2ccccc2)cc1)C(=O)O. The molecule has 0 aliphatic carbocycles. The zero-order valence-corrected chi connectivity index (χ0v) is 19.1. The van der Waals surface area contributed by atoms with E-state index in [1.54, 1.807) is 6.92 Å². The molecular weight excluding hydrogens is 418 g/mol. The number of anilines is 1. The summed E-state index contributed by atoms with van der Waals surface area (Å²) < 4.78 is 5.32. The van der Waals surface area contributed by atoms with Crippen LogP contribution in [0.1, 0.15) is 36.0 Å². The van der Waals surface area contributed by atoms with Gasteiger partial charge in [-0.2, -0.15) is 0 Å². The number of rotatable bonds is 11. The average molecular weight is 448 g/mol. The first-order valence-electron chi connectivity index (χ1n) is 10.9. The van der Waals surface area contributed by atoms with Gasteiger partial charge in [-0.25, -0.2) is 4.79 Å². The molecule has 0 aromatic heterocycles. The number of carboxylic acids is 1. The van der Waals surface area contributed by atoms with Crippen LogP contribution < -0.4 is 5.32 Å². The Labute approximate surface area is 195 Å². The van der Waals surface area contributed by atoms with Crippen LogP contribution >= 0.6 is 12.2 Å². The molecule has 0 aliphatic heterocycles. The number of carboxylic acid groups (broad SMARTS) is 1. The van der Waals surface area contributed by atoms with Gasteiger partial charge >= 0.3 is 5.97 Å². The molecule has 0 radical (unpaired) electrons. The molecule has 0 bridgehead atoms. The molecule has 0 saturated carbocycles. The Morgan fingerprint density at radius 2 is 1.53 bits per heavy atom. The van der Waals surface area contributed by atoms with Gasteiger partial charge < -0.3 is 15.2 Å². The van der Waals surface area contributed by atoms with E-state index in [2.05, 4.69) is 29.6 Å². The van der Waals surface area contributed by atoms with Gasteiger partial charge in [0.05, 0.1) is 4.99 Å². The van der Waals surface area contributed by atoms with Gasteiger partial charge in [0.25, 0.3) is 0 Å². The Morgan fingerprint density at radius 3 is 2.12 bits per heavy atom. The van der Waals surface area contributed by atoms with Crippen molar-refractivity contribution < 1.29 is 14.6 Å². The molecule has 4 nitrogen and oxygen atoms in total. The molecule has 3 rings (SSSR count). The Morgan fingerprint density at radius 1 is 0.938 bits per heavy atom. The van der Waals surface area contributed by atoms with Crippen molar-refractivity contribution in [2.45, 2.75) is 38.2 Å². The van der Waals surface area contributed by atoms with Gasteiger partial charge in [-0.15, -0.1) is 0 Å². The third kappa shape index (κ3) is 7.01. The van der Waals surface area contributed by atoms with Crippen LogP contribution in [-0.2, 0) is 22.4 Å². The number of para-hydroxylation sites is 1. The van der Waals surface area contributed by atoms with Crippen molar-refractivity contribution >= 4 is 28.9 Å². The highest BCUT2D eigenvalue weighted by atomic mass is 32.1. The molecule has 0 amide bonds. The van der Waals surface area contributed by atoms with Crippen LogP contribution in [0.4, 0.5) is 5.69 Å². The number of hydrogen-bond acceptors (Lipinski definition) is 3. The van der Waals surface area contributed by atoms with E-state index in [-0.39, 0.29) is 5.92 Å². The first kappa shape index (κ1) is 23.6. The lowest BCUT2D eigenvalue weighted by Crippen LogP contribution is -2.26. The minimum atomic E-state index is -0.930. The van der Waals surface area contributed by atoms with Crippen molar-refractivity contribution in [3.05, 3.63) is 102 Å². The van der Waals surface area contributed by atoms with E-state index >= 15 is 0 Å². The van der Waals surface area contributed by atoms with Crippen LogP contribution in [-0.4, -0.2) is 28.8 Å². The number of thiocarbonyl (C=S) groups is 1. The summed E-state index contributed by atoms with van der Waals surface area (Å²) in [5.41, 5.74) is 4.33. The summed E-state index contributed by atoms with van der Waals surface area (Å²) in [5.74, 6) is -0.832. The molecule has 2 N–H and O–H groups in total. The smallest absolute Gasteiger partial charge is 0.333 e. The molecule has 0 spiro atoms. The summed E-state index contributed by atoms with van der Waals surface area (Å²) in [6.45, 7) is 2.19. The third-order valence-electron chi connectivity index (χ3n) is 5.37. The largest absolute Gasteiger partial charge is 0.479 e. The van der Waals surface area contributed by atoms with Crippen LogP contribution in [0.2, 0.25) is 0 Å². The fourth-order valence-electron chi connectivity index (χ4n) is 3.67. The van der Waals surface area contributed by atoms with Crippen LogP contribution in [0.3, 0.4) is 0 Å². The number of ether oxygens (including phenoxy) is 1. The Balaban J connectivity index is 1.66. The normalized spacial score (nSPS) is 12.7. The van der Waals surface area contributed by atoms with Crippen molar-refractivity contribution in [1.82, 2.24) is 0 Å². The van der Waals surface area contributed by atoms with Crippen molar-refractivity contribution in [3.8, 4) is 0 Å². The van der Waals surface area contributed by atoms with E-state index in [4.69, 9.17) is 17.0 Å². The first-order chi connectivity index (χ1) is 15.6. The maximum absolute atomic E-state index is 11.3. The molecule has 0 fully saturated rings. The maximum Gasteiger partial charge on any atom is 0.333 e. The fourth-order valence-corrected chi connectivity index (χ4v) is 4.04. The molecule has 2 atom stereocenters. The molecule has 3 aromatic carbocycles. The molecule has 3 aromatic rings. The minimum Gasteiger partial charge on any atom is -0.479 e. The summed E-state index contributed by atoms with van der Waals surface area (Å²) in [5, 5.41) is 12.7. The summed E-state index contributed by atoms with van der Waals surface area (Å²) in [4.78, 5) is 12.1. The lowest BCUT2D eigenvalue weighted by atomic mass is 9.91. The molecular formula is C27H29NO3S. The minimum absolute atomic E-state index is 0.0976. The Bertz CT molecular complexity index is 990. The highest BCUT2D eigenvalue weighted by Gasteiger charge is 2.19. The molecule has 0 heterocycles. The van der Waals surface area contributed by atoms with E-state index < -0.39 is 12.1 Å². The second kappa shape index (κ2) is 12.1. The Kier molecular flexibility index (Phi) is 8.96. The highest BCUT2D eigenvalue weighted by molar-refractivity contribution is 7.80. The summed E-state index contributed by atoms with van der Waals surface area (Å²) in [6, 6.07) is 28.4. The van der Waals surface area contributed by atoms with Crippen molar-refractivity contribution in [1.29, 1.82) is 0 Å². The van der Waals surface area contributed by atoms with Gasteiger partial charge in [0.15, 0.2) is 6.10 Å². The van der Waals surface area contributed by atoms with E-state index in [0.717, 1.165) is 29.1 Å². The Hall–Kier alpha value is -3.02. The number of aliphatic carboxylic acids is 1. The predicted octanol–water partition coefficient (Wildman–Crippen LogP) is 5.87. The lowest BCUT2D eigenvalue weighted by Gasteiger charge is -2.20. The molecule has 0 aliphatic rings. The van der Waals surface area contributed by atoms with Crippen LogP contribution in [0.5, 0.6) is 0 Å². The first-order valence-corrected chi connectivity index (χ1v) is 11.3. The molecule has 32 heavy (non-hydrogen) atoms. The summed E-state index contributed by atoms with van der Waals surface area (Å²) in [6.07, 6.45) is 1.29. The van der Waals surface area contributed by atoms with Crippen LogP contribution in [0, 0.1) is 0 Å². The van der Waals surface area contributed by atoms with Gasteiger partial charge in [-0.05, 0) is 48.6 Å². The van der Waals surface area contributed by atoms with Gasteiger partial charge in [-0.1, -0.05) is 85.0 Å². The van der Waals surface area contributed by atoms with Crippen LogP contribution in [0.25, 0.3) is 0 Å². The predicted molar refractivity (Wildman–Crippen MR) is 133 cm³/mol. The number of aryl methyl sites for hydroxylation is 1. The van der Waals surface area contributed by atoms with Gasteiger partial charge in [0.2, 0.25) is 0 Å². The second-order valence-corrected chi connectivity index (χ2v) is 8.10. The van der Waals surface area contributed by atoms with Crippen molar-refractivity contribution in [2.75, 3.05) is 11.9 Å². The molecule has 166 valence electrons. The molecule has 5 heteroatoms. The molecule has 0 saturated heterocycles. The van der Waals surface area contributed by atoms with E-state index in [9.17, 15) is 9.90 Å². The number of carbonyl (C=O) groups is 1. The van der Waals surface area contributed by atoms with Crippen molar-refractivity contribution in [3.63, 3.8) is 0 Å². The monoisotopic (exact) mass is 447 g/mol. The number of hydrogen-bond donors (Lipinski definition) is 2. The second-order valence-electron chi connectivity index (χ2n) is 7.66. The fraction of sp³-hybridized carbons (Fsp3) is 0.259. The third-order valence-corrected chi connectivity index (χ3v) is 5.76. The van der Waals surface area contributed by atoms with E-state index in [0.29, 0.717) is 13.0 Å². The van der Waals surface area contributed by atoms with E-state index in [1.165, 1.54) is 11.1 Å². The van der Waals surface area contributed by atoms with Gasteiger partial charge in [0, 0.05) is 24.6 Å². The van der Waals surface area contributed by atoms with Gasteiger partial charge in [0.1, 0.15) is 0 Å². The van der Waals surface area contributed by atoms with Crippen molar-refractivity contribution in [2.24, 2.45) is 0 Å². The summed E-state index contributed by atoms with van der Waals surface area (Å²) >= 11 is 5.79. The van der Waals surface area contributed by atoms with Gasteiger partial charge in [-0.3, -0.25) is 0 Å². The zero-order valence-electron chi connectivity index (χ0n) is 18.2. The zero-order chi connectivity index (χ0) is 22.8. The summed E-state index contributed by atoms with van der Waals surface area (Å²) in [7, 11) is 0.